The fraction of sp³-hybridized carbons (Fsp3) is 0.455. The zero-order valence-corrected chi connectivity index (χ0v) is 10.4. The Balaban J connectivity index is 2.49. The highest BCUT2D eigenvalue weighted by Crippen LogP contribution is 2.24. The lowest BCUT2D eigenvalue weighted by molar-refractivity contribution is 0.289. The summed E-state index contributed by atoms with van der Waals surface area (Å²) in [7, 11) is 0. The van der Waals surface area contributed by atoms with Crippen LogP contribution >= 0.6 is 22.6 Å². The van der Waals surface area contributed by atoms with Crippen LogP contribution in [0.2, 0.25) is 0 Å². The molecular formula is C11H14FIO. The fourth-order valence-corrected chi connectivity index (χ4v) is 1.77. The van der Waals surface area contributed by atoms with Crippen molar-refractivity contribution in [2.75, 3.05) is 6.61 Å². The van der Waals surface area contributed by atoms with Gasteiger partial charge in [-0.25, -0.2) is 4.39 Å². The SMILES string of the molecule is CCCCCOc1c(F)cccc1I. The molecule has 0 saturated heterocycles. The molecule has 1 aromatic rings. The van der Waals surface area contributed by atoms with Crippen molar-refractivity contribution in [1.82, 2.24) is 0 Å². The van der Waals surface area contributed by atoms with Gasteiger partial charge in [-0.1, -0.05) is 25.8 Å². The average Bonchev–Trinajstić information content (AvgIpc) is 2.16. The predicted octanol–water partition coefficient (Wildman–Crippen LogP) is 4.00. The first-order valence-electron chi connectivity index (χ1n) is 4.82. The molecule has 0 fully saturated rings. The Morgan fingerprint density at radius 1 is 1.36 bits per heavy atom. The van der Waals surface area contributed by atoms with Crippen LogP contribution in [-0.4, -0.2) is 6.61 Å². The van der Waals surface area contributed by atoms with Gasteiger partial charge < -0.3 is 4.74 Å². The molecule has 78 valence electrons. The van der Waals surface area contributed by atoms with Crippen molar-refractivity contribution in [3.05, 3.63) is 27.6 Å². The lowest BCUT2D eigenvalue weighted by atomic mass is 10.3. The molecule has 0 unspecified atom stereocenters. The van der Waals surface area contributed by atoms with Crippen molar-refractivity contribution in [1.29, 1.82) is 0 Å². The monoisotopic (exact) mass is 308 g/mol. The van der Waals surface area contributed by atoms with Crippen molar-refractivity contribution >= 4 is 22.6 Å². The van der Waals surface area contributed by atoms with Crippen LogP contribution in [0.4, 0.5) is 4.39 Å². The maximum atomic E-state index is 13.2. The lowest BCUT2D eigenvalue weighted by Gasteiger charge is -2.08. The number of halogens is 2. The Morgan fingerprint density at radius 2 is 2.14 bits per heavy atom. The van der Waals surface area contributed by atoms with Gasteiger partial charge in [-0.2, -0.15) is 0 Å². The summed E-state index contributed by atoms with van der Waals surface area (Å²) < 4.78 is 19.4. The van der Waals surface area contributed by atoms with Gasteiger partial charge in [0.15, 0.2) is 11.6 Å². The molecule has 1 aromatic carbocycles. The van der Waals surface area contributed by atoms with Crippen LogP contribution in [0.15, 0.2) is 18.2 Å². The van der Waals surface area contributed by atoms with Crippen LogP contribution in [-0.2, 0) is 0 Å². The highest BCUT2D eigenvalue weighted by molar-refractivity contribution is 14.1. The second-order valence-electron chi connectivity index (χ2n) is 3.11. The van der Waals surface area contributed by atoms with Gasteiger partial charge in [0.1, 0.15) is 0 Å². The summed E-state index contributed by atoms with van der Waals surface area (Å²) in [6, 6.07) is 4.96. The Morgan fingerprint density at radius 3 is 2.79 bits per heavy atom. The van der Waals surface area contributed by atoms with Gasteiger partial charge in [0.05, 0.1) is 10.2 Å². The molecule has 0 atom stereocenters. The number of hydrogen-bond acceptors (Lipinski definition) is 1. The minimum atomic E-state index is -0.270. The third kappa shape index (κ3) is 3.44. The van der Waals surface area contributed by atoms with E-state index in [2.05, 4.69) is 29.5 Å². The summed E-state index contributed by atoms with van der Waals surface area (Å²) in [4.78, 5) is 0. The summed E-state index contributed by atoms with van der Waals surface area (Å²) in [6.45, 7) is 2.73. The number of benzene rings is 1. The molecule has 14 heavy (non-hydrogen) atoms. The quantitative estimate of drug-likeness (QED) is 0.590. The van der Waals surface area contributed by atoms with Crippen LogP contribution in [0, 0.1) is 9.39 Å². The Bertz CT molecular complexity index is 268. The van der Waals surface area contributed by atoms with E-state index in [-0.39, 0.29) is 5.82 Å². The van der Waals surface area contributed by atoms with Crippen LogP contribution in [0.5, 0.6) is 5.75 Å². The highest BCUT2D eigenvalue weighted by Gasteiger charge is 2.06. The highest BCUT2D eigenvalue weighted by atomic mass is 127. The molecule has 0 aromatic heterocycles. The summed E-state index contributed by atoms with van der Waals surface area (Å²) in [5.74, 6) is 0.123. The third-order valence-electron chi connectivity index (χ3n) is 1.91. The molecule has 0 aliphatic rings. The molecule has 0 spiro atoms. The van der Waals surface area contributed by atoms with E-state index in [0.717, 1.165) is 22.8 Å². The lowest BCUT2D eigenvalue weighted by Crippen LogP contribution is -2.00. The molecule has 0 aliphatic carbocycles. The molecule has 0 N–H and O–H groups in total. The standard InChI is InChI=1S/C11H14FIO/c1-2-3-4-8-14-11-9(12)6-5-7-10(11)13/h5-7H,2-4,8H2,1H3. The maximum absolute atomic E-state index is 13.2. The number of unbranched alkanes of at least 4 members (excludes halogenated alkanes) is 2. The first-order valence-corrected chi connectivity index (χ1v) is 5.90. The van der Waals surface area contributed by atoms with Crippen molar-refractivity contribution in [3.8, 4) is 5.75 Å². The molecule has 0 radical (unpaired) electrons. The summed E-state index contributed by atoms with van der Waals surface area (Å²) in [5.41, 5.74) is 0. The third-order valence-corrected chi connectivity index (χ3v) is 2.76. The first-order chi connectivity index (χ1) is 6.75. The zero-order valence-electron chi connectivity index (χ0n) is 8.22. The second kappa shape index (κ2) is 6.22. The molecular weight excluding hydrogens is 294 g/mol. The van der Waals surface area contributed by atoms with E-state index in [4.69, 9.17) is 4.74 Å². The van der Waals surface area contributed by atoms with Gasteiger partial charge >= 0.3 is 0 Å². The first kappa shape index (κ1) is 11.8. The molecule has 0 amide bonds. The van der Waals surface area contributed by atoms with Crippen molar-refractivity contribution < 1.29 is 9.13 Å². The van der Waals surface area contributed by atoms with Crippen LogP contribution < -0.4 is 4.74 Å². The minimum absolute atomic E-state index is 0.270. The van der Waals surface area contributed by atoms with E-state index in [1.54, 1.807) is 6.07 Å². The Hall–Kier alpha value is -0.320. The van der Waals surface area contributed by atoms with Gasteiger partial charge in [-0.3, -0.25) is 0 Å². The van der Waals surface area contributed by atoms with Crippen molar-refractivity contribution in [3.63, 3.8) is 0 Å². The summed E-state index contributed by atoms with van der Waals surface area (Å²) in [6.07, 6.45) is 3.27. The van der Waals surface area contributed by atoms with Gasteiger partial charge in [0.25, 0.3) is 0 Å². The molecule has 0 aliphatic heterocycles. The molecule has 1 rings (SSSR count). The van der Waals surface area contributed by atoms with Crippen LogP contribution in [0.3, 0.4) is 0 Å². The van der Waals surface area contributed by atoms with Gasteiger partial charge in [0, 0.05) is 0 Å². The van der Waals surface area contributed by atoms with E-state index in [9.17, 15) is 4.39 Å². The number of para-hydroxylation sites is 1. The van der Waals surface area contributed by atoms with Crippen LogP contribution in [0.1, 0.15) is 26.2 Å². The Kier molecular flexibility index (Phi) is 5.22. The normalized spacial score (nSPS) is 10.2. The van der Waals surface area contributed by atoms with Crippen molar-refractivity contribution in [2.24, 2.45) is 0 Å². The summed E-state index contributed by atoms with van der Waals surface area (Å²) in [5, 5.41) is 0. The molecule has 1 nitrogen and oxygen atoms in total. The van der Waals surface area contributed by atoms with E-state index >= 15 is 0 Å². The van der Waals surface area contributed by atoms with Gasteiger partial charge in [-0.15, -0.1) is 0 Å². The predicted molar refractivity (Wildman–Crippen MR) is 64.1 cm³/mol. The minimum Gasteiger partial charge on any atom is -0.489 e. The molecule has 0 bridgehead atoms. The largest absolute Gasteiger partial charge is 0.489 e. The van der Waals surface area contributed by atoms with E-state index in [0.29, 0.717) is 12.4 Å². The van der Waals surface area contributed by atoms with Gasteiger partial charge in [-0.05, 0) is 41.1 Å². The maximum Gasteiger partial charge on any atom is 0.168 e. The average molecular weight is 308 g/mol. The smallest absolute Gasteiger partial charge is 0.168 e. The zero-order chi connectivity index (χ0) is 10.4. The number of rotatable bonds is 5. The number of ether oxygens (including phenoxy) is 1. The van der Waals surface area contributed by atoms with E-state index < -0.39 is 0 Å². The topological polar surface area (TPSA) is 9.23 Å². The molecule has 0 heterocycles. The van der Waals surface area contributed by atoms with E-state index in [1.165, 1.54) is 6.07 Å². The fourth-order valence-electron chi connectivity index (χ4n) is 1.15. The van der Waals surface area contributed by atoms with E-state index in [1.807, 2.05) is 6.07 Å². The molecule has 3 heteroatoms. The van der Waals surface area contributed by atoms with Crippen LogP contribution in [0.25, 0.3) is 0 Å². The second-order valence-corrected chi connectivity index (χ2v) is 4.27. The Labute approximate surface area is 97.8 Å². The molecule has 0 saturated carbocycles. The summed E-state index contributed by atoms with van der Waals surface area (Å²) >= 11 is 2.08. The van der Waals surface area contributed by atoms with Crippen molar-refractivity contribution in [2.45, 2.75) is 26.2 Å². The van der Waals surface area contributed by atoms with Gasteiger partial charge in [0.2, 0.25) is 0 Å². The number of hydrogen-bond donors (Lipinski definition) is 0.